The minimum absolute atomic E-state index is 0.0526. The Morgan fingerprint density at radius 1 is 1.30 bits per heavy atom. The van der Waals surface area contributed by atoms with Crippen LogP contribution < -0.4 is 10.6 Å². The SMILES string of the molecule is Cc1nc(N)nc(N2CC(C)N(C)C(C)C2)c1[N+](=O)[O-]. The van der Waals surface area contributed by atoms with E-state index >= 15 is 0 Å². The van der Waals surface area contributed by atoms with Crippen LogP contribution in [0.3, 0.4) is 0 Å². The minimum Gasteiger partial charge on any atom is -0.368 e. The first-order valence-electron chi connectivity index (χ1n) is 6.56. The molecule has 2 atom stereocenters. The fourth-order valence-corrected chi connectivity index (χ4v) is 2.58. The van der Waals surface area contributed by atoms with Gasteiger partial charge < -0.3 is 10.6 Å². The van der Waals surface area contributed by atoms with Crippen molar-refractivity contribution in [1.29, 1.82) is 0 Å². The zero-order valence-electron chi connectivity index (χ0n) is 12.2. The van der Waals surface area contributed by atoms with Crippen LogP contribution in [0.2, 0.25) is 0 Å². The van der Waals surface area contributed by atoms with Crippen molar-refractivity contribution >= 4 is 17.5 Å². The van der Waals surface area contributed by atoms with Crippen LogP contribution in [0.5, 0.6) is 0 Å². The van der Waals surface area contributed by atoms with Gasteiger partial charge in [0.1, 0.15) is 5.69 Å². The van der Waals surface area contributed by atoms with Gasteiger partial charge in [-0.2, -0.15) is 4.98 Å². The molecule has 0 spiro atoms. The molecule has 0 amide bonds. The lowest BCUT2D eigenvalue weighted by Crippen LogP contribution is -2.55. The maximum absolute atomic E-state index is 11.3. The van der Waals surface area contributed by atoms with Gasteiger partial charge in [-0.15, -0.1) is 0 Å². The fraction of sp³-hybridized carbons (Fsp3) is 0.667. The largest absolute Gasteiger partial charge is 0.368 e. The predicted octanol–water partition coefficient (Wildman–Crippen LogP) is 0.804. The van der Waals surface area contributed by atoms with Crippen molar-refractivity contribution < 1.29 is 4.92 Å². The van der Waals surface area contributed by atoms with Crippen molar-refractivity contribution in [2.75, 3.05) is 30.8 Å². The second-order valence-corrected chi connectivity index (χ2v) is 5.37. The van der Waals surface area contributed by atoms with Crippen LogP contribution in [-0.4, -0.2) is 52.0 Å². The summed E-state index contributed by atoms with van der Waals surface area (Å²) in [6.07, 6.45) is 0. The second kappa shape index (κ2) is 5.20. The van der Waals surface area contributed by atoms with Crippen LogP contribution in [0.15, 0.2) is 0 Å². The molecule has 1 fully saturated rings. The molecular formula is C12H20N6O2. The quantitative estimate of drug-likeness (QED) is 0.631. The van der Waals surface area contributed by atoms with E-state index in [9.17, 15) is 10.1 Å². The fourth-order valence-electron chi connectivity index (χ4n) is 2.58. The Bertz CT molecular complexity index is 523. The summed E-state index contributed by atoms with van der Waals surface area (Å²) < 4.78 is 0. The highest BCUT2D eigenvalue weighted by Gasteiger charge is 2.32. The Morgan fingerprint density at radius 3 is 2.35 bits per heavy atom. The third-order valence-electron chi connectivity index (χ3n) is 3.90. The van der Waals surface area contributed by atoms with E-state index < -0.39 is 4.92 Å². The van der Waals surface area contributed by atoms with Crippen molar-refractivity contribution in [1.82, 2.24) is 14.9 Å². The van der Waals surface area contributed by atoms with Crippen LogP contribution in [0.4, 0.5) is 17.5 Å². The molecule has 0 radical (unpaired) electrons. The molecule has 1 aliphatic rings. The Balaban J connectivity index is 2.44. The average molecular weight is 280 g/mol. The lowest BCUT2D eigenvalue weighted by Gasteiger charge is -2.42. The van der Waals surface area contributed by atoms with Crippen LogP contribution in [-0.2, 0) is 0 Å². The van der Waals surface area contributed by atoms with Crippen molar-refractivity contribution in [3.8, 4) is 0 Å². The zero-order valence-corrected chi connectivity index (χ0v) is 12.2. The van der Waals surface area contributed by atoms with E-state index in [1.807, 2.05) is 4.90 Å². The third kappa shape index (κ3) is 2.51. The average Bonchev–Trinajstić information content (AvgIpc) is 2.33. The number of nitrogens with zero attached hydrogens (tertiary/aromatic N) is 5. The molecule has 2 rings (SSSR count). The van der Waals surface area contributed by atoms with Crippen molar-refractivity contribution in [3.63, 3.8) is 0 Å². The number of piperazine rings is 1. The van der Waals surface area contributed by atoms with Crippen molar-refractivity contribution in [3.05, 3.63) is 15.8 Å². The lowest BCUT2D eigenvalue weighted by molar-refractivity contribution is -0.385. The number of hydrogen-bond acceptors (Lipinski definition) is 7. The summed E-state index contributed by atoms with van der Waals surface area (Å²) in [6.45, 7) is 7.12. The Hall–Kier alpha value is -1.96. The maximum Gasteiger partial charge on any atom is 0.332 e. The van der Waals surface area contributed by atoms with E-state index in [1.165, 1.54) is 0 Å². The Kier molecular flexibility index (Phi) is 3.76. The molecule has 0 aliphatic carbocycles. The minimum atomic E-state index is -0.433. The molecule has 2 unspecified atom stereocenters. The summed E-state index contributed by atoms with van der Waals surface area (Å²) in [5.41, 5.74) is 5.90. The van der Waals surface area contributed by atoms with Gasteiger partial charge in [0.15, 0.2) is 0 Å². The number of nitrogen functional groups attached to an aromatic ring is 1. The second-order valence-electron chi connectivity index (χ2n) is 5.37. The number of anilines is 2. The van der Waals surface area contributed by atoms with Crippen LogP contribution in [0.1, 0.15) is 19.5 Å². The smallest absolute Gasteiger partial charge is 0.332 e. The van der Waals surface area contributed by atoms with Gasteiger partial charge in [0.25, 0.3) is 0 Å². The monoisotopic (exact) mass is 280 g/mol. The molecule has 110 valence electrons. The first-order valence-corrected chi connectivity index (χ1v) is 6.56. The number of hydrogen-bond donors (Lipinski definition) is 1. The standard InChI is InChI=1S/C12H20N6O2/c1-7-5-17(6-8(2)16(7)4)11-10(18(19)20)9(3)14-12(13)15-11/h7-8H,5-6H2,1-4H3,(H2,13,14,15). The van der Waals surface area contributed by atoms with E-state index in [0.29, 0.717) is 24.6 Å². The molecule has 0 bridgehead atoms. The molecule has 0 saturated carbocycles. The van der Waals surface area contributed by atoms with Gasteiger partial charge in [-0.3, -0.25) is 15.0 Å². The number of rotatable bonds is 2. The van der Waals surface area contributed by atoms with Crippen LogP contribution in [0, 0.1) is 17.0 Å². The molecule has 1 aromatic rings. The first kappa shape index (κ1) is 14.4. The van der Waals surface area contributed by atoms with Gasteiger partial charge >= 0.3 is 5.69 Å². The summed E-state index contributed by atoms with van der Waals surface area (Å²) in [7, 11) is 2.06. The number of likely N-dealkylation sites (N-methyl/N-ethyl adjacent to an activating group) is 1. The molecular weight excluding hydrogens is 260 g/mol. The van der Waals surface area contributed by atoms with E-state index in [-0.39, 0.29) is 23.7 Å². The summed E-state index contributed by atoms with van der Waals surface area (Å²) in [6, 6.07) is 0.574. The summed E-state index contributed by atoms with van der Waals surface area (Å²) >= 11 is 0. The molecule has 2 heterocycles. The summed E-state index contributed by atoms with van der Waals surface area (Å²) in [5.74, 6) is 0.397. The number of nitro groups is 1. The van der Waals surface area contributed by atoms with Gasteiger partial charge in [0.05, 0.1) is 4.92 Å². The highest BCUT2D eigenvalue weighted by atomic mass is 16.6. The van der Waals surface area contributed by atoms with Gasteiger partial charge in [0, 0.05) is 25.2 Å². The van der Waals surface area contributed by atoms with E-state index in [0.717, 1.165) is 0 Å². The molecule has 2 N–H and O–H groups in total. The van der Waals surface area contributed by atoms with Gasteiger partial charge in [0.2, 0.25) is 11.8 Å². The van der Waals surface area contributed by atoms with Crippen molar-refractivity contribution in [2.45, 2.75) is 32.9 Å². The van der Waals surface area contributed by atoms with Crippen molar-refractivity contribution in [2.24, 2.45) is 0 Å². The molecule has 1 aromatic heterocycles. The van der Waals surface area contributed by atoms with E-state index in [1.54, 1.807) is 6.92 Å². The number of nitrogens with two attached hydrogens (primary N) is 1. The summed E-state index contributed by atoms with van der Waals surface area (Å²) in [5, 5.41) is 11.3. The Morgan fingerprint density at radius 2 is 1.85 bits per heavy atom. The Labute approximate surface area is 117 Å². The lowest BCUT2D eigenvalue weighted by atomic mass is 10.1. The van der Waals surface area contributed by atoms with E-state index in [2.05, 4.69) is 35.8 Å². The number of aromatic nitrogens is 2. The van der Waals surface area contributed by atoms with Crippen LogP contribution in [0.25, 0.3) is 0 Å². The van der Waals surface area contributed by atoms with E-state index in [4.69, 9.17) is 5.73 Å². The molecule has 8 nitrogen and oxygen atoms in total. The molecule has 20 heavy (non-hydrogen) atoms. The highest BCUT2D eigenvalue weighted by molar-refractivity contribution is 5.62. The normalized spacial score (nSPS) is 23.9. The topological polar surface area (TPSA) is 101 Å². The van der Waals surface area contributed by atoms with Gasteiger partial charge in [-0.25, -0.2) is 4.98 Å². The molecule has 0 aromatic carbocycles. The van der Waals surface area contributed by atoms with Gasteiger partial charge in [-0.1, -0.05) is 0 Å². The molecule has 1 saturated heterocycles. The number of aryl methyl sites for hydroxylation is 1. The van der Waals surface area contributed by atoms with Gasteiger partial charge in [-0.05, 0) is 27.8 Å². The summed E-state index contributed by atoms with van der Waals surface area (Å²) in [4.78, 5) is 23.0. The predicted molar refractivity (Wildman–Crippen MR) is 76.7 cm³/mol. The zero-order chi connectivity index (χ0) is 15.0. The van der Waals surface area contributed by atoms with Crippen LogP contribution >= 0.6 is 0 Å². The third-order valence-corrected chi connectivity index (χ3v) is 3.90. The molecule has 8 heteroatoms. The first-order chi connectivity index (χ1) is 9.31. The molecule has 1 aliphatic heterocycles. The highest BCUT2D eigenvalue weighted by Crippen LogP contribution is 2.31. The maximum atomic E-state index is 11.3.